The number of benzene rings is 1. The maximum Gasteiger partial charge on any atom is 0.181 e. The number of nitrogens with two attached hydrogens (primary N) is 1. The third kappa shape index (κ3) is 2.14. The van der Waals surface area contributed by atoms with Gasteiger partial charge in [0.2, 0.25) is 0 Å². The second-order valence-electron chi connectivity index (χ2n) is 3.83. The van der Waals surface area contributed by atoms with Gasteiger partial charge in [-0.15, -0.1) is 0 Å². The molecule has 1 aromatic carbocycles. The van der Waals surface area contributed by atoms with Crippen molar-refractivity contribution in [2.24, 2.45) is 5.73 Å². The molecule has 0 fully saturated rings. The van der Waals surface area contributed by atoms with E-state index >= 15 is 0 Å². The predicted octanol–water partition coefficient (Wildman–Crippen LogP) is 1.26. The molecule has 6 heteroatoms. The van der Waals surface area contributed by atoms with Gasteiger partial charge >= 0.3 is 0 Å². The summed E-state index contributed by atoms with van der Waals surface area (Å²) in [5, 5.41) is 6.93. The molecule has 0 aliphatic rings. The van der Waals surface area contributed by atoms with Crippen LogP contribution >= 0.6 is 0 Å². The zero-order valence-electron chi connectivity index (χ0n) is 10.7. The summed E-state index contributed by atoms with van der Waals surface area (Å²) < 4.78 is 10.5. The number of hydrogen-bond donors (Lipinski definition) is 2. The molecule has 0 bridgehead atoms. The molecule has 0 unspecified atom stereocenters. The smallest absolute Gasteiger partial charge is 0.181 e. The first-order chi connectivity index (χ1) is 8.69. The molecule has 0 amide bonds. The van der Waals surface area contributed by atoms with E-state index in [1.54, 1.807) is 14.2 Å². The van der Waals surface area contributed by atoms with E-state index in [0.29, 0.717) is 29.7 Å². The standard InChI is InChI=1S/C12H16N4O2/c1-7-4-9(17-2)10(18-3)5-8(7)12-14-11(6-13)15-16-12/h4-5H,6,13H2,1-3H3,(H,14,15,16). The van der Waals surface area contributed by atoms with Crippen LogP contribution in [-0.2, 0) is 6.54 Å². The number of nitrogens with zero attached hydrogens (tertiary/aromatic N) is 2. The molecule has 6 nitrogen and oxygen atoms in total. The number of rotatable bonds is 4. The Bertz CT molecular complexity index is 551. The van der Waals surface area contributed by atoms with Crippen LogP contribution in [0.5, 0.6) is 11.5 Å². The van der Waals surface area contributed by atoms with Gasteiger partial charge in [-0.3, -0.25) is 5.10 Å². The molecular weight excluding hydrogens is 232 g/mol. The first-order valence-electron chi connectivity index (χ1n) is 5.54. The predicted molar refractivity (Wildman–Crippen MR) is 67.6 cm³/mol. The molecule has 0 aliphatic heterocycles. The molecule has 0 saturated carbocycles. The maximum atomic E-state index is 5.50. The van der Waals surface area contributed by atoms with Crippen molar-refractivity contribution < 1.29 is 9.47 Å². The molecule has 0 saturated heterocycles. The molecule has 0 aliphatic carbocycles. The van der Waals surface area contributed by atoms with Crippen LogP contribution in [0.1, 0.15) is 11.4 Å². The van der Waals surface area contributed by atoms with E-state index in [1.165, 1.54) is 0 Å². The number of hydrogen-bond acceptors (Lipinski definition) is 5. The van der Waals surface area contributed by atoms with E-state index in [-0.39, 0.29) is 0 Å². The van der Waals surface area contributed by atoms with E-state index in [0.717, 1.165) is 11.1 Å². The number of aromatic nitrogens is 3. The van der Waals surface area contributed by atoms with E-state index in [9.17, 15) is 0 Å². The molecule has 0 spiro atoms. The Balaban J connectivity index is 2.50. The summed E-state index contributed by atoms with van der Waals surface area (Å²) in [6.07, 6.45) is 0. The molecule has 18 heavy (non-hydrogen) atoms. The van der Waals surface area contributed by atoms with Crippen molar-refractivity contribution in [3.8, 4) is 22.9 Å². The van der Waals surface area contributed by atoms with Crippen molar-refractivity contribution >= 4 is 0 Å². The van der Waals surface area contributed by atoms with Gasteiger partial charge in [-0.05, 0) is 24.6 Å². The largest absolute Gasteiger partial charge is 0.493 e. The fourth-order valence-corrected chi connectivity index (χ4v) is 1.73. The molecule has 2 aromatic rings. The van der Waals surface area contributed by atoms with Gasteiger partial charge in [-0.25, -0.2) is 4.98 Å². The van der Waals surface area contributed by atoms with Crippen molar-refractivity contribution in [3.05, 3.63) is 23.5 Å². The van der Waals surface area contributed by atoms with Crippen LogP contribution in [0.4, 0.5) is 0 Å². The number of nitrogens with one attached hydrogen (secondary N) is 1. The fraction of sp³-hybridized carbons (Fsp3) is 0.333. The lowest BCUT2D eigenvalue weighted by Gasteiger charge is -2.10. The topological polar surface area (TPSA) is 86.0 Å². The van der Waals surface area contributed by atoms with Crippen molar-refractivity contribution in [2.45, 2.75) is 13.5 Å². The van der Waals surface area contributed by atoms with Crippen LogP contribution < -0.4 is 15.2 Å². The van der Waals surface area contributed by atoms with Crippen molar-refractivity contribution in [1.29, 1.82) is 0 Å². The lowest BCUT2D eigenvalue weighted by molar-refractivity contribution is 0.355. The van der Waals surface area contributed by atoms with Gasteiger partial charge < -0.3 is 15.2 Å². The van der Waals surface area contributed by atoms with Crippen LogP contribution in [-0.4, -0.2) is 29.4 Å². The lowest BCUT2D eigenvalue weighted by Crippen LogP contribution is -1.98. The Kier molecular flexibility index (Phi) is 3.47. The Morgan fingerprint density at radius 1 is 1.22 bits per heavy atom. The first-order valence-corrected chi connectivity index (χ1v) is 5.54. The lowest BCUT2D eigenvalue weighted by atomic mass is 10.1. The van der Waals surface area contributed by atoms with Gasteiger partial charge in [-0.1, -0.05) is 0 Å². The highest BCUT2D eigenvalue weighted by molar-refractivity contribution is 5.65. The van der Waals surface area contributed by atoms with Crippen molar-refractivity contribution in [1.82, 2.24) is 15.2 Å². The number of aryl methyl sites for hydroxylation is 1. The average molecular weight is 248 g/mol. The number of methoxy groups -OCH3 is 2. The fourth-order valence-electron chi connectivity index (χ4n) is 1.73. The summed E-state index contributed by atoms with van der Waals surface area (Å²) in [5.41, 5.74) is 7.40. The third-order valence-corrected chi connectivity index (χ3v) is 2.70. The number of aromatic amines is 1. The van der Waals surface area contributed by atoms with Crippen LogP contribution in [0.3, 0.4) is 0 Å². The molecule has 1 heterocycles. The van der Waals surface area contributed by atoms with E-state index in [2.05, 4.69) is 15.2 Å². The summed E-state index contributed by atoms with van der Waals surface area (Å²) in [5.74, 6) is 2.60. The van der Waals surface area contributed by atoms with Gasteiger partial charge in [-0.2, -0.15) is 5.10 Å². The van der Waals surface area contributed by atoms with Gasteiger partial charge in [0.15, 0.2) is 17.3 Å². The highest BCUT2D eigenvalue weighted by atomic mass is 16.5. The molecular formula is C12H16N4O2. The quantitative estimate of drug-likeness (QED) is 0.850. The van der Waals surface area contributed by atoms with Crippen LogP contribution in [0, 0.1) is 6.92 Å². The number of ether oxygens (including phenoxy) is 2. The van der Waals surface area contributed by atoms with Crippen molar-refractivity contribution in [3.63, 3.8) is 0 Å². The van der Waals surface area contributed by atoms with Crippen LogP contribution in [0.15, 0.2) is 12.1 Å². The Morgan fingerprint density at radius 3 is 2.44 bits per heavy atom. The summed E-state index contributed by atoms with van der Waals surface area (Å²) in [6, 6.07) is 3.75. The molecule has 0 radical (unpaired) electrons. The Hall–Kier alpha value is -2.08. The van der Waals surface area contributed by atoms with Crippen molar-refractivity contribution in [2.75, 3.05) is 14.2 Å². The molecule has 3 N–H and O–H groups in total. The summed E-state index contributed by atoms with van der Waals surface area (Å²) in [7, 11) is 3.20. The monoisotopic (exact) mass is 248 g/mol. The third-order valence-electron chi connectivity index (χ3n) is 2.70. The molecule has 1 aromatic heterocycles. The van der Waals surface area contributed by atoms with Gasteiger partial charge in [0.05, 0.1) is 20.8 Å². The maximum absolute atomic E-state index is 5.50. The molecule has 0 atom stereocenters. The highest BCUT2D eigenvalue weighted by Gasteiger charge is 2.13. The van der Waals surface area contributed by atoms with Gasteiger partial charge in [0, 0.05) is 5.56 Å². The van der Waals surface area contributed by atoms with E-state index in [4.69, 9.17) is 15.2 Å². The first kappa shape index (κ1) is 12.4. The summed E-state index contributed by atoms with van der Waals surface area (Å²) in [6.45, 7) is 2.30. The van der Waals surface area contributed by atoms with Gasteiger partial charge in [0.25, 0.3) is 0 Å². The van der Waals surface area contributed by atoms with Crippen LogP contribution in [0.25, 0.3) is 11.4 Å². The van der Waals surface area contributed by atoms with Crippen LogP contribution in [0.2, 0.25) is 0 Å². The van der Waals surface area contributed by atoms with E-state index in [1.807, 2.05) is 19.1 Å². The number of H-pyrrole nitrogens is 1. The normalized spacial score (nSPS) is 10.4. The highest BCUT2D eigenvalue weighted by Crippen LogP contribution is 2.33. The molecule has 96 valence electrons. The Morgan fingerprint density at radius 2 is 1.89 bits per heavy atom. The second-order valence-corrected chi connectivity index (χ2v) is 3.83. The summed E-state index contributed by atoms with van der Waals surface area (Å²) >= 11 is 0. The Labute approximate surface area is 105 Å². The van der Waals surface area contributed by atoms with E-state index < -0.39 is 0 Å². The minimum absolute atomic E-state index is 0.333. The average Bonchev–Trinajstić information content (AvgIpc) is 2.86. The van der Waals surface area contributed by atoms with Gasteiger partial charge in [0.1, 0.15) is 5.82 Å². The molecule has 2 rings (SSSR count). The minimum atomic E-state index is 0.333. The summed E-state index contributed by atoms with van der Waals surface area (Å²) in [4.78, 5) is 4.30. The second kappa shape index (κ2) is 5.05. The zero-order valence-corrected chi connectivity index (χ0v) is 10.7. The minimum Gasteiger partial charge on any atom is -0.493 e. The zero-order chi connectivity index (χ0) is 13.1. The SMILES string of the molecule is COc1cc(C)c(-c2n[nH]c(CN)n2)cc1OC.